The molecule has 2 aromatic heterocycles. The van der Waals surface area contributed by atoms with Crippen molar-refractivity contribution in [2.45, 2.75) is 19.6 Å². The van der Waals surface area contributed by atoms with Crippen LogP contribution >= 0.6 is 11.7 Å². The second-order valence-corrected chi connectivity index (χ2v) is 7.01. The summed E-state index contributed by atoms with van der Waals surface area (Å²) in [4.78, 5) is 16.5. The average molecular weight is 388 g/mol. The zero-order valence-electron chi connectivity index (χ0n) is 15.0. The van der Waals surface area contributed by atoms with Gasteiger partial charge in [-0.3, -0.25) is 9.69 Å². The van der Waals surface area contributed by atoms with Crippen molar-refractivity contribution in [1.82, 2.24) is 38.8 Å². The third-order valence-corrected chi connectivity index (χ3v) is 5.08. The second kappa shape index (κ2) is 8.03. The van der Waals surface area contributed by atoms with E-state index in [4.69, 9.17) is 4.74 Å². The Morgan fingerprint density at radius 2 is 2.07 bits per heavy atom. The fraction of sp³-hybridized carbons (Fsp3) is 0.500. The molecule has 1 amide bonds. The van der Waals surface area contributed by atoms with Crippen molar-refractivity contribution in [3.8, 4) is 0 Å². The molecule has 3 aromatic rings. The van der Waals surface area contributed by atoms with Gasteiger partial charge in [0, 0.05) is 26.7 Å². The van der Waals surface area contributed by atoms with Crippen LogP contribution in [0.25, 0.3) is 11.0 Å². The smallest absolute Gasteiger partial charge is 0.244 e. The zero-order chi connectivity index (χ0) is 18.6. The van der Waals surface area contributed by atoms with E-state index in [2.05, 4.69) is 29.2 Å². The number of fused-ring (bicyclic) bond motifs is 1. The molecule has 1 aliphatic heterocycles. The Bertz CT molecular complexity index is 920. The summed E-state index contributed by atoms with van der Waals surface area (Å²) < 4.78 is 15.4. The highest BCUT2D eigenvalue weighted by molar-refractivity contribution is 7.00. The number of amides is 1. The molecule has 0 N–H and O–H groups in total. The maximum Gasteiger partial charge on any atom is 0.244 e. The average Bonchev–Trinajstić information content (AvgIpc) is 3.31. The van der Waals surface area contributed by atoms with Gasteiger partial charge in [-0.05, 0) is 28.1 Å². The first-order valence-corrected chi connectivity index (χ1v) is 9.42. The predicted molar refractivity (Wildman–Crippen MR) is 97.8 cm³/mol. The van der Waals surface area contributed by atoms with Crippen LogP contribution in [-0.4, -0.2) is 78.0 Å². The molecule has 0 unspecified atom stereocenters. The standard InChI is InChI=1S/C16H20N8O2S/c1-22(9-12-2-3-13-14(8-12)19-27-18-13)16(25)11-24-15(17-20-21-24)10-23-4-6-26-7-5-23/h2-3,8H,4-7,9-11H2,1H3. The van der Waals surface area contributed by atoms with Gasteiger partial charge in [0.2, 0.25) is 5.91 Å². The number of tetrazole rings is 1. The number of carbonyl (C=O) groups is 1. The van der Waals surface area contributed by atoms with Crippen LogP contribution in [0.4, 0.5) is 0 Å². The minimum Gasteiger partial charge on any atom is -0.379 e. The Balaban J connectivity index is 1.37. The van der Waals surface area contributed by atoms with Gasteiger partial charge >= 0.3 is 0 Å². The number of rotatable bonds is 6. The number of carbonyl (C=O) groups excluding carboxylic acids is 1. The van der Waals surface area contributed by atoms with Crippen molar-refractivity contribution in [2.75, 3.05) is 33.4 Å². The van der Waals surface area contributed by atoms with Gasteiger partial charge in [0.15, 0.2) is 5.82 Å². The molecule has 1 fully saturated rings. The largest absolute Gasteiger partial charge is 0.379 e. The Kier molecular flexibility index (Phi) is 5.32. The van der Waals surface area contributed by atoms with Gasteiger partial charge in [0.25, 0.3) is 0 Å². The summed E-state index contributed by atoms with van der Waals surface area (Å²) in [6.45, 7) is 4.32. The molecule has 0 aliphatic carbocycles. The van der Waals surface area contributed by atoms with Gasteiger partial charge < -0.3 is 9.64 Å². The summed E-state index contributed by atoms with van der Waals surface area (Å²) in [6, 6.07) is 5.85. The normalized spacial score (nSPS) is 15.3. The Labute approximate surface area is 160 Å². The highest BCUT2D eigenvalue weighted by atomic mass is 32.1. The lowest BCUT2D eigenvalue weighted by Gasteiger charge is -2.25. The first kappa shape index (κ1) is 17.9. The van der Waals surface area contributed by atoms with Gasteiger partial charge in [-0.15, -0.1) is 5.10 Å². The third-order valence-electron chi connectivity index (χ3n) is 4.52. The maximum absolute atomic E-state index is 12.6. The number of morpholine rings is 1. The van der Waals surface area contributed by atoms with E-state index in [-0.39, 0.29) is 12.5 Å². The highest BCUT2D eigenvalue weighted by Gasteiger charge is 2.18. The molecule has 1 aromatic carbocycles. The molecular weight excluding hydrogens is 368 g/mol. The molecular formula is C16H20N8O2S. The van der Waals surface area contributed by atoms with Crippen LogP contribution in [0.1, 0.15) is 11.4 Å². The van der Waals surface area contributed by atoms with Crippen LogP contribution in [0.2, 0.25) is 0 Å². The Morgan fingerprint density at radius 1 is 1.26 bits per heavy atom. The quantitative estimate of drug-likeness (QED) is 0.589. The van der Waals surface area contributed by atoms with Crippen molar-refractivity contribution >= 4 is 28.7 Å². The minimum atomic E-state index is -0.0537. The van der Waals surface area contributed by atoms with Gasteiger partial charge in [0.1, 0.15) is 17.6 Å². The van der Waals surface area contributed by atoms with Crippen molar-refractivity contribution in [2.24, 2.45) is 0 Å². The lowest BCUT2D eigenvalue weighted by atomic mass is 10.2. The van der Waals surface area contributed by atoms with E-state index >= 15 is 0 Å². The summed E-state index contributed by atoms with van der Waals surface area (Å²) in [7, 11) is 1.78. The van der Waals surface area contributed by atoms with Gasteiger partial charge in [0.05, 0.1) is 31.5 Å². The number of ether oxygens (including phenoxy) is 1. The SMILES string of the molecule is CN(Cc1ccc2nsnc2c1)C(=O)Cn1nnnc1CN1CCOCC1. The number of likely N-dealkylation sites (N-methyl/N-ethyl adjacent to an activating group) is 1. The predicted octanol–water partition coefficient (Wildman–Crippen LogP) is 0.169. The van der Waals surface area contributed by atoms with Crippen LogP contribution in [-0.2, 0) is 29.2 Å². The molecule has 0 atom stereocenters. The van der Waals surface area contributed by atoms with Gasteiger partial charge in [-0.1, -0.05) is 6.07 Å². The summed E-state index contributed by atoms with van der Waals surface area (Å²) in [5.74, 6) is 0.635. The first-order valence-electron chi connectivity index (χ1n) is 8.69. The second-order valence-electron chi connectivity index (χ2n) is 6.48. The number of hydrogen-bond acceptors (Lipinski definition) is 9. The van der Waals surface area contributed by atoms with E-state index in [9.17, 15) is 4.79 Å². The van der Waals surface area contributed by atoms with E-state index in [1.54, 1.807) is 16.6 Å². The maximum atomic E-state index is 12.6. The third kappa shape index (κ3) is 4.26. The fourth-order valence-electron chi connectivity index (χ4n) is 2.96. The molecule has 0 spiro atoms. The molecule has 27 heavy (non-hydrogen) atoms. The topological polar surface area (TPSA) is 102 Å². The van der Waals surface area contributed by atoms with E-state index in [1.807, 2.05) is 18.2 Å². The van der Waals surface area contributed by atoms with E-state index < -0.39 is 0 Å². The monoisotopic (exact) mass is 388 g/mol. The Hall–Kier alpha value is -2.50. The Morgan fingerprint density at radius 3 is 2.93 bits per heavy atom. The number of benzene rings is 1. The van der Waals surface area contributed by atoms with Crippen molar-refractivity contribution in [3.05, 3.63) is 29.6 Å². The molecule has 0 saturated carbocycles. The summed E-state index contributed by atoms with van der Waals surface area (Å²) in [6.07, 6.45) is 0. The van der Waals surface area contributed by atoms with E-state index in [1.165, 1.54) is 11.7 Å². The van der Waals surface area contributed by atoms with Crippen molar-refractivity contribution < 1.29 is 9.53 Å². The van der Waals surface area contributed by atoms with Crippen molar-refractivity contribution in [1.29, 1.82) is 0 Å². The number of aromatic nitrogens is 6. The van der Waals surface area contributed by atoms with Crippen LogP contribution in [0.3, 0.4) is 0 Å². The lowest BCUT2D eigenvalue weighted by Crippen LogP contribution is -2.37. The van der Waals surface area contributed by atoms with Crippen LogP contribution in [0.15, 0.2) is 18.2 Å². The summed E-state index contributed by atoms with van der Waals surface area (Å²) in [5, 5.41) is 11.8. The van der Waals surface area contributed by atoms with E-state index in [0.29, 0.717) is 32.1 Å². The summed E-state index contributed by atoms with van der Waals surface area (Å²) in [5.41, 5.74) is 2.74. The molecule has 11 heteroatoms. The minimum absolute atomic E-state index is 0.0537. The van der Waals surface area contributed by atoms with Gasteiger partial charge in [-0.2, -0.15) is 8.75 Å². The lowest BCUT2D eigenvalue weighted by molar-refractivity contribution is -0.131. The van der Waals surface area contributed by atoms with Crippen LogP contribution in [0.5, 0.6) is 0 Å². The van der Waals surface area contributed by atoms with Gasteiger partial charge in [-0.25, -0.2) is 4.68 Å². The fourth-order valence-corrected chi connectivity index (χ4v) is 3.47. The molecule has 0 bridgehead atoms. The molecule has 10 nitrogen and oxygen atoms in total. The number of nitrogens with zero attached hydrogens (tertiary/aromatic N) is 8. The molecule has 3 heterocycles. The summed E-state index contributed by atoms with van der Waals surface area (Å²) >= 11 is 1.19. The van der Waals surface area contributed by atoms with Crippen molar-refractivity contribution in [3.63, 3.8) is 0 Å². The highest BCUT2D eigenvalue weighted by Crippen LogP contribution is 2.15. The van der Waals surface area contributed by atoms with Crippen LogP contribution < -0.4 is 0 Å². The first-order chi connectivity index (χ1) is 13.2. The number of hydrogen-bond donors (Lipinski definition) is 0. The molecule has 0 radical (unpaired) electrons. The molecule has 1 aliphatic rings. The van der Waals surface area contributed by atoms with Crippen LogP contribution in [0, 0.1) is 0 Å². The van der Waals surface area contributed by atoms with E-state index in [0.717, 1.165) is 29.7 Å². The molecule has 1 saturated heterocycles. The zero-order valence-corrected chi connectivity index (χ0v) is 15.8. The molecule has 4 rings (SSSR count). The molecule has 142 valence electrons.